The van der Waals surface area contributed by atoms with Crippen LogP contribution in [0.1, 0.15) is 33.4 Å². The van der Waals surface area contributed by atoms with Gasteiger partial charge < -0.3 is 15.6 Å². The maximum absolute atomic E-state index is 11.8. The fraction of sp³-hybridized carbons (Fsp3) is 0.227. The molecule has 0 radical (unpaired) electrons. The summed E-state index contributed by atoms with van der Waals surface area (Å²) in [5, 5.41) is 12.6. The van der Waals surface area contributed by atoms with E-state index in [0.29, 0.717) is 5.56 Å². The summed E-state index contributed by atoms with van der Waals surface area (Å²) in [7, 11) is 0. The summed E-state index contributed by atoms with van der Waals surface area (Å²) in [6.45, 7) is 8.26. The number of aromatic hydroxyl groups is 1. The van der Waals surface area contributed by atoms with Crippen LogP contribution in [-0.4, -0.2) is 11.4 Å². The van der Waals surface area contributed by atoms with Crippen LogP contribution in [0.2, 0.25) is 0 Å². The Balaban J connectivity index is 0.00000196. The normalized spacial score (nSPS) is 17.6. The zero-order chi connectivity index (χ0) is 18.1. The molecule has 0 saturated carbocycles. The van der Waals surface area contributed by atoms with E-state index in [1.165, 1.54) is 11.1 Å². The summed E-state index contributed by atoms with van der Waals surface area (Å²) in [6.07, 6.45) is 2.02. The van der Waals surface area contributed by atoms with E-state index in [9.17, 15) is 9.90 Å². The molecule has 3 aromatic carbocycles. The van der Waals surface area contributed by atoms with E-state index < -0.39 is 5.54 Å². The molecule has 3 nitrogen and oxygen atoms in total. The van der Waals surface area contributed by atoms with Gasteiger partial charge in [-0.25, -0.2) is 6.29 Å². The van der Waals surface area contributed by atoms with Crippen molar-refractivity contribution in [2.75, 3.05) is 0 Å². The van der Waals surface area contributed by atoms with E-state index >= 15 is 0 Å². The Hall–Kier alpha value is -1.96. The topological polar surface area (TPSA) is 63.3 Å². The molecular formula is C22H20NO2W-. The molecule has 0 aliphatic heterocycles. The van der Waals surface area contributed by atoms with Gasteiger partial charge in [-0.05, 0) is 89.2 Å². The van der Waals surface area contributed by atoms with Crippen LogP contribution in [-0.2, 0) is 31.4 Å². The van der Waals surface area contributed by atoms with Gasteiger partial charge in [-0.1, -0.05) is 24.3 Å². The van der Waals surface area contributed by atoms with Gasteiger partial charge >= 0.3 is 0 Å². The minimum atomic E-state index is -1.35. The fourth-order valence-corrected chi connectivity index (χ4v) is 4.25. The van der Waals surface area contributed by atoms with Crippen LogP contribution in [0, 0.1) is 27.7 Å². The average molecular weight is 514 g/mol. The molecule has 0 aromatic heterocycles. The molecule has 3 N–H and O–H groups in total. The number of hydrogen-bond acceptors (Lipinski definition) is 3. The van der Waals surface area contributed by atoms with Gasteiger partial charge in [0.1, 0.15) is 5.75 Å². The Kier molecular flexibility index (Phi) is 4.37. The van der Waals surface area contributed by atoms with E-state index in [2.05, 4.69) is 20.8 Å². The molecule has 3 aromatic rings. The molecule has 132 valence electrons. The Morgan fingerprint density at radius 2 is 1.50 bits per heavy atom. The molecule has 0 amide bonds. The Labute approximate surface area is 167 Å². The van der Waals surface area contributed by atoms with Crippen LogP contribution in [0.3, 0.4) is 0 Å². The van der Waals surface area contributed by atoms with Gasteiger partial charge in [0, 0.05) is 26.5 Å². The maximum atomic E-state index is 11.8. The van der Waals surface area contributed by atoms with Gasteiger partial charge in [0.05, 0.1) is 0 Å². The van der Waals surface area contributed by atoms with E-state index in [1.54, 1.807) is 6.07 Å². The quantitative estimate of drug-likeness (QED) is 0.482. The van der Waals surface area contributed by atoms with Crippen LogP contribution < -0.4 is 5.73 Å². The fourth-order valence-electron chi connectivity index (χ4n) is 4.25. The first-order chi connectivity index (χ1) is 11.8. The van der Waals surface area contributed by atoms with E-state index in [4.69, 9.17) is 5.73 Å². The number of aryl methyl sites for hydroxylation is 2. The summed E-state index contributed by atoms with van der Waals surface area (Å²) in [5.41, 5.74) is 12.9. The monoisotopic (exact) mass is 514 g/mol. The van der Waals surface area contributed by atoms with Crippen molar-refractivity contribution in [2.24, 2.45) is 5.73 Å². The summed E-state index contributed by atoms with van der Waals surface area (Å²) in [5.74, 6) is 0.162. The first-order valence-electron chi connectivity index (χ1n) is 8.37. The largest absolute Gasteiger partial charge is 0.539 e. The standard InChI is InChI=1S/C22H20NO2.W/c1-11-12(2)14(4)20-19(13(11)3)18(25)9-17-21(20)15-7-5-6-8-16(15)22(17,23)10-24;/h5-9,25H,23H2,1-4H3;/q-1;. The van der Waals surface area contributed by atoms with Gasteiger partial charge in [-0.15, -0.1) is 0 Å². The molecule has 0 bridgehead atoms. The van der Waals surface area contributed by atoms with Crippen molar-refractivity contribution < 1.29 is 31.0 Å². The molecule has 1 aliphatic carbocycles. The third kappa shape index (κ3) is 2.11. The van der Waals surface area contributed by atoms with Crippen molar-refractivity contribution in [1.82, 2.24) is 0 Å². The zero-order valence-electron chi connectivity index (χ0n) is 15.2. The molecule has 26 heavy (non-hydrogen) atoms. The van der Waals surface area contributed by atoms with E-state index in [0.717, 1.165) is 38.6 Å². The molecule has 0 heterocycles. The molecule has 0 spiro atoms. The molecule has 1 aliphatic rings. The molecule has 1 unspecified atom stereocenters. The minimum Gasteiger partial charge on any atom is -0.539 e. The third-order valence-corrected chi connectivity index (χ3v) is 5.95. The summed E-state index contributed by atoms with van der Waals surface area (Å²) in [6, 6.07) is 9.32. The predicted octanol–water partition coefficient (Wildman–Crippen LogP) is 4.07. The van der Waals surface area contributed by atoms with Crippen LogP contribution in [0.15, 0.2) is 30.3 Å². The Morgan fingerprint density at radius 3 is 2.12 bits per heavy atom. The maximum Gasteiger partial charge on any atom is 0.123 e. The van der Waals surface area contributed by atoms with Crippen molar-refractivity contribution in [3.05, 3.63) is 63.7 Å². The third-order valence-electron chi connectivity index (χ3n) is 5.95. The van der Waals surface area contributed by atoms with Gasteiger partial charge in [0.15, 0.2) is 0 Å². The minimum absolute atomic E-state index is 0. The number of fused-ring (bicyclic) bond motifs is 5. The van der Waals surface area contributed by atoms with Crippen LogP contribution in [0.4, 0.5) is 0 Å². The Morgan fingerprint density at radius 1 is 0.923 bits per heavy atom. The van der Waals surface area contributed by atoms with Gasteiger partial charge in [0.25, 0.3) is 0 Å². The number of hydrogen-bond donors (Lipinski definition) is 2. The molecule has 4 rings (SSSR count). The smallest absolute Gasteiger partial charge is 0.123 e. The second kappa shape index (κ2) is 6.04. The first kappa shape index (κ1) is 18.8. The van der Waals surface area contributed by atoms with E-state index in [1.807, 2.05) is 37.5 Å². The van der Waals surface area contributed by atoms with Crippen molar-refractivity contribution >= 4 is 17.1 Å². The van der Waals surface area contributed by atoms with Gasteiger partial charge in [-0.3, -0.25) is 0 Å². The van der Waals surface area contributed by atoms with Crippen molar-refractivity contribution in [3.63, 3.8) is 0 Å². The summed E-state index contributed by atoms with van der Waals surface area (Å²) < 4.78 is 0. The number of phenols is 1. The van der Waals surface area contributed by atoms with Crippen LogP contribution in [0.25, 0.3) is 21.9 Å². The van der Waals surface area contributed by atoms with E-state index in [-0.39, 0.29) is 26.8 Å². The molecule has 0 saturated heterocycles. The van der Waals surface area contributed by atoms with Crippen molar-refractivity contribution in [3.8, 4) is 16.9 Å². The SMILES string of the molecule is Cc1c(C)c(C)c2c3c(cc(O)c2c1C)C(N)([C-]=O)c1ccccc1-3.[W]. The van der Waals surface area contributed by atoms with Crippen molar-refractivity contribution in [2.45, 2.75) is 33.2 Å². The zero-order valence-corrected chi connectivity index (χ0v) is 18.2. The van der Waals surface area contributed by atoms with Crippen LogP contribution >= 0.6 is 0 Å². The molecule has 0 fully saturated rings. The van der Waals surface area contributed by atoms with Gasteiger partial charge in [0.2, 0.25) is 0 Å². The predicted molar refractivity (Wildman–Crippen MR) is 101 cm³/mol. The second-order valence-electron chi connectivity index (χ2n) is 7.02. The number of benzene rings is 3. The molecule has 1 atom stereocenters. The van der Waals surface area contributed by atoms with Gasteiger partial charge in [-0.2, -0.15) is 0 Å². The summed E-state index contributed by atoms with van der Waals surface area (Å²) >= 11 is 0. The number of phenolic OH excluding ortho intramolecular Hbond substituents is 1. The van der Waals surface area contributed by atoms with Crippen LogP contribution in [0.5, 0.6) is 5.75 Å². The number of nitrogens with two attached hydrogens (primary N) is 1. The number of carbonyl (C=O) groups excluding carboxylic acids is 1. The summed E-state index contributed by atoms with van der Waals surface area (Å²) in [4.78, 5) is 11.8. The molecule has 4 heteroatoms. The number of rotatable bonds is 1. The first-order valence-corrected chi connectivity index (χ1v) is 8.37. The second-order valence-corrected chi connectivity index (χ2v) is 7.02. The van der Waals surface area contributed by atoms with Crippen molar-refractivity contribution in [1.29, 1.82) is 0 Å². The Bertz CT molecular complexity index is 1090. The molecular weight excluding hydrogens is 494 g/mol. The average Bonchev–Trinajstić information content (AvgIpc) is 2.87.